The fourth-order valence-electron chi connectivity index (χ4n) is 4.70. The lowest BCUT2D eigenvalue weighted by molar-refractivity contribution is -0.111. The number of ether oxygens (including phenoxy) is 1. The first-order valence-corrected chi connectivity index (χ1v) is 13.3. The number of aromatic amines is 1. The molecule has 0 radical (unpaired) electrons. The third-order valence-electron chi connectivity index (χ3n) is 6.91. The average molecular weight is 540 g/mol. The van der Waals surface area contributed by atoms with Gasteiger partial charge in [-0.1, -0.05) is 18.7 Å². The molecule has 10 heteroatoms. The van der Waals surface area contributed by atoms with E-state index in [1.165, 1.54) is 12.3 Å². The topological polar surface area (TPSA) is 116 Å². The van der Waals surface area contributed by atoms with Gasteiger partial charge >= 0.3 is 5.97 Å². The summed E-state index contributed by atoms with van der Waals surface area (Å²) in [6, 6.07) is 7.60. The molecule has 0 bridgehead atoms. The minimum atomic E-state index is -0.444. The number of carbonyl (C=O) groups is 2. The van der Waals surface area contributed by atoms with Crippen LogP contribution in [0.2, 0.25) is 0 Å². The van der Waals surface area contributed by atoms with Gasteiger partial charge in [0.15, 0.2) is 0 Å². The second kappa shape index (κ2) is 11.3. The summed E-state index contributed by atoms with van der Waals surface area (Å²) in [5.74, 6) is -0.0513. The van der Waals surface area contributed by atoms with Crippen LogP contribution in [0, 0.1) is 6.92 Å². The maximum absolute atomic E-state index is 12.7. The fourth-order valence-corrected chi connectivity index (χ4v) is 4.70. The maximum Gasteiger partial charge on any atom is 0.339 e. The standard InChI is InChI=1S/C30H33N7O3/c1-6-25(38)34-24-14-20(8-7-19(24)4)26-23-13-21(29(39)40-18(2)3)15-31-28(23)35-27(26)22-16-32-30(33-17-22)37-11-9-36(5)10-12-37/h6-8,13-18H,1,9-12H2,2-5H3,(H,31,35)(H,34,38). The van der Waals surface area contributed by atoms with E-state index in [-0.39, 0.29) is 12.0 Å². The predicted molar refractivity (Wildman–Crippen MR) is 156 cm³/mol. The summed E-state index contributed by atoms with van der Waals surface area (Å²) < 4.78 is 5.42. The number of nitrogens with zero attached hydrogens (tertiary/aromatic N) is 5. The molecule has 1 aliphatic rings. The minimum Gasteiger partial charge on any atom is -0.459 e. The maximum atomic E-state index is 12.7. The molecular formula is C30H33N7O3. The van der Waals surface area contributed by atoms with Gasteiger partial charge < -0.3 is 24.8 Å². The van der Waals surface area contributed by atoms with Crippen molar-refractivity contribution in [3.8, 4) is 22.4 Å². The highest BCUT2D eigenvalue weighted by Crippen LogP contribution is 2.39. The Morgan fingerprint density at radius 3 is 2.45 bits per heavy atom. The van der Waals surface area contributed by atoms with Gasteiger partial charge in [0.25, 0.3) is 0 Å². The lowest BCUT2D eigenvalue weighted by Crippen LogP contribution is -2.45. The minimum absolute atomic E-state index is 0.256. The van der Waals surface area contributed by atoms with Crippen LogP contribution in [0.15, 0.2) is 55.5 Å². The zero-order valence-corrected chi connectivity index (χ0v) is 23.2. The van der Waals surface area contributed by atoms with Crippen molar-refractivity contribution in [2.75, 3.05) is 43.4 Å². The van der Waals surface area contributed by atoms with Crippen LogP contribution in [-0.2, 0) is 9.53 Å². The molecule has 0 saturated carbocycles. The number of nitrogens with one attached hydrogen (secondary N) is 2. The molecule has 3 aromatic heterocycles. The zero-order valence-electron chi connectivity index (χ0n) is 23.2. The van der Waals surface area contributed by atoms with E-state index in [4.69, 9.17) is 4.74 Å². The van der Waals surface area contributed by atoms with E-state index >= 15 is 0 Å². The molecule has 2 N–H and O–H groups in total. The highest BCUT2D eigenvalue weighted by atomic mass is 16.5. The average Bonchev–Trinajstić information content (AvgIpc) is 3.33. The lowest BCUT2D eigenvalue weighted by Gasteiger charge is -2.32. The Bertz CT molecular complexity index is 1570. The first-order valence-electron chi connectivity index (χ1n) is 13.3. The third-order valence-corrected chi connectivity index (χ3v) is 6.91. The van der Waals surface area contributed by atoms with Crippen LogP contribution in [0.25, 0.3) is 33.4 Å². The van der Waals surface area contributed by atoms with Crippen molar-refractivity contribution >= 4 is 34.5 Å². The Morgan fingerprint density at radius 1 is 1.05 bits per heavy atom. The first-order chi connectivity index (χ1) is 19.2. The molecule has 0 unspecified atom stereocenters. The van der Waals surface area contributed by atoms with Crippen molar-refractivity contribution < 1.29 is 14.3 Å². The Hall–Kier alpha value is -4.57. The molecule has 1 amide bonds. The van der Waals surface area contributed by atoms with Crippen LogP contribution in [-0.4, -0.2) is 76.0 Å². The van der Waals surface area contributed by atoms with E-state index in [1.54, 1.807) is 32.3 Å². The number of benzene rings is 1. The van der Waals surface area contributed by atoms with Gasteiger partial charge in [-0.3, -0.25) is 4.79 Å². The Labute approximate surface area is 233 Å². The van der Waals surface area contributed by atoms with Crippen LogP contribution < -0.4 is 10.2 Å². The number of esters is 1. The molecule has 0 atom stereocenters. The molecule has 1 fully saturated rings. The number of pyridine rings is 1. The molecule has 4 heterocycles. The van der Waals surface area contributed by atoms with Gasteiger partial charge in [0.2, 0.25) is 11.9 Å². The number of fused-ring (bicyclic) bond motifs is 1. The first kappa shape index (κ1) is 27.0. The van der Waals surface area contributed by atoms with E-state index in [0.717, 1.165) is 59.5 Å². The Balaban J connectivity index is 1.62. The number of likely N-dealkylation sites (N-methyl/N-ethyl adjacent to an activating group) is 1. The van der Waals surface area contributed by atoms with Crippen LogP contribution in [0.4, 0.5) is 11.6 Å². The predicted octanol–water partition coefficient (Wildman–Crippen LogP) is 4.44. The van der Waals surface area contributed by atoms with Crippen molar-refractivity contribution in [2.45, 2.75) is 26.9 Å². The van der Waals surface area contributed by atoms with Gasteiger partial charge in [-0.15, -0.1) is 0 Å². The van der Waals surface area contributed by atoms with Crippen LogP contribution in [0.1, 0.15) is 29.8 Å². The molecule has 1 saturated heterocycles. The second-order valence-electron chi connectivity index (χ2n) is 10.2. The van der Waals surface area contributed by atoms with Gasteiger partial charge in [-0.25, -0.2) is 19.7 Å². The number of aromatic nitrogens is 4. The molecule has 0 spiro atoms. The van der Waals surface area contributed by atoms with Crippen molar-refractivity contribution in [1.29, 1.82) is 0 Å². The van der Waals surface area contributed by atoms with Gasteiger partial charge in [-0.2, -0.15) is 0 Å². The number of hydrogen-bond donors (Lipinski definition) is 2. The van der Waals surface area contributed by atoms with Crippen molar-refractivity contribution in [3.05, 3.63) is 66.6 Å². The summed E-state index contributed by atoms with van der Waals surface area (Å²) in [6.45, 7) is 12.8. The second-order valence-corrected chi connectivity index (χ2v) is 10.2. The summed E-state index contributed by atoms with van der Waals surface area (Å²) in [7, 11) is 2.11. The fraction of sp³-hybridized carbons (Fsp3) is 0.300. The van der Waals surface area contributed by atoms with Crippen molar-refractivity contribution in [1.82, 2.24) is 24.8 Å². The summed E-state index contributed by atoms with van der Waals surface area (Å²) in [4.78, 5) is 46.6. The summed E-state index contributed by atoms with van der Waals surface area (Å²) in [5.41, 5.74) is 5.68. The number of piperazine rings is 1. The van der Waals surface area contributed by atoms with Gasteiger partial charge in [0, 0.05) is 67.0 Å². The van der Waals surface area contributed by atoms with Crippen molar-refractivity contribution in [3.63, 3.8) is 0 Å². The smallest absolute Gasteiger partial charge is 0.339 e. The molecule has 1 aromatic carbocycles. The van der Waals surface area contributed by atoms with Crippen LogP contribution in [0.3, 0.4) is 0 Å². The van der Waals surface area contributed by atoms with Gasteiger partial charge in [-0.05, 0) is 57.2 Å². The number of amides is 1. The largest absolute Gasteiger partial charge is 0.459 e. The number of hydrogen-bond acceptors (Lipinski definition) is 8. The number of aryl methyl sites for hydroxylation is 1. The van der Waals surface area contributed by atoms with Gasteiger partial charge in [0.1, 0.15) is 5.65 Å². The normalized spacial score (nSPS) is 14.0. The molecule has 4 aromatic rings. The van der Waals surface area contributed by atoms with E-state index < -0.39 is 5.97 Å². The monoisotopic (exact) mass is 539 g/mol. The highest BCUT2D eigenvalue weighted by Gasteiger charge is 2.21. The summed E-state index contributed by atoms with van der Waals surface area (Å²) in [5, 5.41) is 3.61. The Morgan fingerprint density at radius 2 is 1.77 bits per heavy atom. The van der Waals surface area contributed by atoms with E-state index in [1.807, 2.05) is 25.1 Å². The van der Waals surface area contributed by atoms with E-state index in [2.05, 4.69) is 48.7 Å². The summed E-state index contributed by atoms with van der Waals surface area (Å²) in [6.07, 6.45) is 6.09. The number of H-pyrrole nitrogens is 1. The molecule has 1 aliphatic heterocycles. The SMILES string of the molecule is C=CC(=O)Nc1cc(-c2c(-c3cnc(N4CCN(C)CC4)nc3)[nH]c3ncc(C(=O)OC(C)C)cc23)ccc1C. The molecule has 206 valence electrons. The van der Waals surface area contributed by atoms with Crippen LogP contribution in [0.5, 0.6) is 0 Å². The quantitative estimate of drug-likeness (QED) is 0.262. The number of rotatable bonds is 7. The molecule has 5 rings (SSSR count). The van der Waals surface area contributed by atoms with E-state index in [0.29, 0.717) is 22.8 Å². The molecule has 40 heavy (non-hydrogen) atoms. The lowest BCUT2D eigenvalue weighted by atomic mass is 9.97. The van der Waals surface area contributed by atoms with E-state index in [9.17, 15) is 9.59 Å². The van der Waals surface area contributed by atoms with Gasteiger partial charge in [0.05, 0.1) is 17.4 Å². The molecular weight excluding hydrogens is 506 g/mol. The summed E-state index contributed by atoms with van der Waals surface area (Å²) >= 11 is 0. The third kappa shape index (κ3) is 5.57. The van der Waals surface area contributed by atoms with Crippen molar-refractivity contribution in [2.24, 2.45) is 0 Å². The highest BCUT2D eigenvalue weighted by molar-refractivity contribution is 6.06. The molecule has 0 aliphatic carbocycles. The Kier molecular flexibility index (Phi) is 7.61. The number of carbonyl (C=O) groups excluding carboxylic acids is 2. The molecule has 10 nitrogen and oxygen atoms in total. The van der Waals surface area contributed by atoms with Crippen LogP contribution >= 0.6 is 0 Å². The number of anilines is 2. The zero-order chi connectivity index (χ0) is 28.4.